The Morgan fingerprint density at radius 1 is 1.18 bits per heavy atom. The second-order valence-electron chi connectivity index (χ2n) is 5.32. The van der Waals surface area contributed by atoms with Crippen molar-refractivity contribution in [3.63, 3.8) is 0 Å². The maximum atomic E-state index is 12.3. The number of aryl methyl sites for hydroxylation is 1. The molecule has 1 aliphatic rings. The summed E-state index contributed by atoms with van der Waals surface area (Å²) in [6.07, 6.45) is 6.73. The predicted octanol–water partition coefficient (Wildman–Crippen LogP) is 1.93. The van der Waals surface area contributed by atoms with Gasteiger partial charge in [0.15, 0.2) is 0 Å². The molecule has 0 aliphatic heterocycles. The van der Waals surface area contributed by atoms with E-state index < -0.39 is 0 Å². The number of rotatable bonds is 4. The Kier molecular flexibility index (Phi) is 3.82. The second kappa shape index (κ2) is 5.93. The highest BCUT2D eigenvalue weighted by Crippen LogP contribution is 2.19. The van der Waals surface area contributed by atoms with Gasteiger partial charge in [-0.05, 0) is 43.5 Å². The van der Waals surface area contributed by atoms with E-state index in [1.54, 1.807) is 18.5 Å². The van der Waals surface area contributed by atoms with Crippen molar-refractivity contribution < 1.29 is 9.59 Å². The van der Waals surface area contributed by atoms with Gasteiger partial charge in [-0.25, -0.2) is 0 Å². The Morgan fingerprint density at radius 3 is 2.73 bits per heavy atom. The zero-order chi connectivity index (χ0) is 15.5. The summed E-state index contributed by atoms with van der Waals surface area (Å²) in [5.41, 5.74) is 2.21. The van der Waals surface area contributed by atoms with E-state index in [0.29, 0.717) is 11.3 Å². The van der Waals surface area contributed by atoms with Crippen LogP contribution < -0.4 is 10.6 Å². The second-order valence-corrected chi connectivity index (χ2v) is 5.32. The molecule has 0 atom stereocenters. The lowest BCUT2D eigenvalue weighted by Gasteiger charge is -2.08. The molecular weight excluding hydrogens is 280 g/mol. The summed E-state index contributed by atoms with van der Waals surface area (Å²) in [6, 6.07) is 5.15. The van der Waals surface area contributed by atoms with Crippen LogP contribution in [0.25, 0.3) is 0 Å². The number of hydrogen-bond donors (Lipinski definition) is 2. The normalized spacial score (nSPS) is 13.5. The summed E-state index contributed by atoms with van der Waals surface area (Å²) in [7, 11) is 0. The summed E-state index contributed by atoms with van der Waals surface area (Å²) in [5, 5.41) is 5.64. The van der Waals surface area contributed by atoms with E-state index >= 15 is 0 Å². The zero-order valence-corrected chi connectivity index (χ0v) is 12.2. The van der Waals surface area contributed by atoms with E-state index in [-0.39, 0.29) is 23.6 Å². The fourth-order valence-electron chi connectivity index (χ4n) is 1.97. The molecule has 0 radical (unpaired) electrons. The van der Waals surface area contributed by atoms with Crippen molar-refractivity contribution in [1.82, 2.24) is 15.3 Å². The molecule has 0 unspecified atom stereocenters. The third-order valence-electron chi connectivity index (χ3n) is 3.45. The smallest absolute Gasteiger partial charge is 0.270 e. The molecule has 2 N–H and O–H groups in total. The van der Waals surface area contributed by atoms with Crippen molar-refractivity contribution in [3.8, 4) is 0 Å². The van der Waals surface area contributed by atoms with Crippen LogP contribution in [0.4, 0.5) is 5.69 Å². The molecule has 22 heavy (non-hydrogen) atoms. The van der Waals surface area contributed by atoms with Gasteiger partial charge in [0.1, 0.15) is 5.69 Å². The highest BCUT2D eigenvalue weighted by molar-refractivity contribution is 6.05. The van der Waals surface area contributed by atoms with Crippen LogP contribution in [-0.4, -0.2) is 27.8 Å². The molecule has 0 bridgehead atoms. The first-order chi connectivity index (χ1) is 10.6. The molecule has 1 fully saturated rings. The van der Waals surface area contributed by atoms with Crippen LogP contribution in [0, 0.1) is 6.92 Å². The lowest BCUT2D eigenvalue weighted by atomic mass is 10.2. The number of aromatic nitrogens is 2. The lowest BCUT2D eigenvalue weighted by molar-refractivity contribution is 0.0946. The standard InChI is InChI=1S/C16H16N4O2/c1-10-4-6-17-9-14(10)20-15(21)11-5-7-18-13(8-11)16(22)19-12-2-3-12/h4-9,12H,2-3H2,1H3,(H,19,22)(H,20,21). The number of amides is 2. The molecule has 3 rings (SSSR count). The van der Waals surface area contributed by atoms with Gasteiger partial charge >= 0.3 is 0 Å². The molecule has 1 aliphatic carbocycles. The van der Waals surface area contributed by atoms with E-state index in [9.17, 15) is 9.59 Å². The SMILES string of the molecule is Cc1ccncc1NC(=O)c1ccnc(C(=O)NC2CC2)c1. The van der Waals surface area contributed by atoms with E-state index in [2.05, 4.69) is 20.6 Å². The Bertz CT molecular complexity index is 726. The Morgan fingerprint density at radius 2 is 2.00 bits per heavy atom. The molecular formula is C16H16N4O2. The number of anilines is 1. The first-order valence-electron chi connectivity index (χ1n) is 7.12. The van der Waals surface area contributed by atoms with Crippen LogP contribution in [0.3, 0.4) is 0 Å². The molecule has 0 spiro atoms. The Balaban J connectivity index is 1.75. The zero-order valence-electron chi connectivity index (χ0n) is 12.2. The highest BCUT2D eigenvalue weighted by Gasteiger charge is 2.24. The molecule has 2 heterocycles. The number of carbonyl (C=O) groups excluding carboxylic acids is 2. The van der Waals surface area contributed by atoms with E-state index in [4.69, 9.17) is 0 Å². The fraction of sp³-hybridized carbons (Fsp3) is 0.250. The van der Waals surface area contributed by atoms with Gasteiger partial charge in [0, 0.05) is 24.0 Å². The molecule has 2 aromatic rings. The maximum Gasteiger partial charge on any atom is 0.270 e. The monoisotopic (exact) mass is 296 g/mol. The van der Waals surface area contributed by atoms with Gasteiger partial charge in [0.25, 0.3) is 11.8 Å². The number of carbonyl (C=O) groups is 2. The summed E-state index contributed by atoms with van der Waals surface area (Å²) >= 11 is 0. The molecule has 2 aromatic heterocycles. The van der Waals surface area contributed by atoms with Gasteiger partial charge in [-0.2, -0.15) is 0 Å². The van der Waals surface area contributed by atoms with Gasteiger partial charge in [-0.15, -0.1) is 0 Å². The number of hydrogen-bond acceptors (Lipinski definition) is 4. The average Bonchev–Trinajstić information content (AvgIpc) is 3.33. The van der Waals surface area contributed by atoms with Crippen molar-refractivity contribution in [1.29, 1.82) is 0 Å². The number of nitrogens with one attached hydrogen (secondary N) is 2. The van der Waals surface area contributed by atoms with Crippen molar-refractivity contribution in [2.75, 3.05) is 5.32 Å². The minimum atomic E-state index is -0.293. The van der Waals surface area contributed by atoms with E-state index in [0.717, 1.165) is 18.4 Å². The van der Waals surface area contributed by atoms with Gasteiger partial charge < -0.3 is 10.6 Å². The minimum Gasteiger partial charge on any atom is -0.348 e. The third kappa shape index (κ3) is 3.28. The summed E-state index contributed by atoms with van der Waals surface area (Å²) in [4.78, 5) is 32.3. The van der Waals surface area contributed by atoms with Crippen LogP contribution in [0.2, 0.25) is 0 Å². The average molecular weight is 296 g/mol. The molecule has 0 saturated heterocycles. The Hall–Kier alpha value is -2.76. The molecule has 1 saturated carbocycles. The van der Waals surface area contributed by atoms with Crippen LogP contribution in [0.1, 0.15) is 39.3 Å². The fourth-order valence-corrected chi connectivity index (χ4v) is 1.97. The third-order valence-corrected chi connectivity index (χ3v) is 3.45. The minimum absolute atomic E-state index is 0.241. The van der Waals surface area contributed by atoms with Crippen LogP contribution in [-0.2, 0) is 0 Å². The van der Waals surface area contributed by atoms with Gasteiger partial charge in [-0.1, -0.05) is 0 Å². The van der Waals surface area contributed by atoms with Crippen molar-refractivity contribution in [2.45, 2.75) is 25.8 Å². The lowest BCUT2D eigenvalue weighted by Crippen LogP contribution is -2.26. The maximum absolute atomic E-state index is 12.3. The topological polar surface area (TPSA) is 84.0 Å². The largest absolute Gasteiger partial charge is 0.348 e. The molecule has 6 heteroatoms. The highest BCUT2D eigenvalue weighted by atomic mass is 16.2. The first-order valence-corrected chi connectivity index (χ1v) is 7.12. The van der Waals surface area contributed by atoms with Gasteiger partial charge in [0.05, 0.1) is 11.9 Å². The summed E-state index contributed by atoms with van der Waals surface area (Å²) in [6.45, 7) is 1.89. The molecule has 2 amide bonds. The number of nitrogens with zero attached hydrogens (tertiary/aromatic N) is 2. The number of pyridine rings is 2. The molecule has 6 nitrogen and oxygen atoms in total. The van der Waals surface area contributed by atoms with E-state index in [1.807, 2.05) is 13.0 Å². The van der Waals surface area contributed by atoms with Crippen molar-refractivity contribution in [2.24, 2.45) is 0 Å². The van der Waals surface area contributed by atoms with Crippen LogP contribution >= 0.6 is 0 Å². The molecule has 112 valence electrons. The van der Waals surface area contributed by atoms with Gasteiger partial charge in [-0.3, -0.25) is 19.6 Å². The summed E-state index contributed by atoms with van der Waals surface area (Å²) < 4.78 is 0. The predicted molar refractivity (Wildman–Crippen MR) is 81.7 cm³/mol. The first kappa shape index (κ1) is 14.2. The van der Waals surface area contributed by atoms with E-state index in [1.165, 1.54) is 12.3 Å². The van der Waals surface area contributed by atoms with Crippen LogP contribution in [0.15, 0.2) is 36.8 Å². The van der Waals surface area contributed by atoms with Gasteiger partial charge in [0.2, 0.25) is 0 Å². The quantitative estimate of drug-likeness (QED) is 0.903. The molecule has 0 aromatic carbocycles. The Labute approximate surface area is 128 Å². The van der Waals surface area contributed by atoms with Crippen molar-refractivity contribution in [3.05, 3.63) is 53.6 Å². The summed E-state index contributed by atoms with van der Waals surface area (Å²) in [5.74, 6) is -0.534. The van der Waals surface area contributed by atoms with Crippen molar-refractivity contribution >= 4 is 17.5 Å². The van der Waals surface area contributed by atoms with Crippen LogP contribution in [0.5, 0.6) is 0 Å².